The molecule has 2 fully saturated rings. The highest BCUT2D eigenvalue weighted by Crippen LogP contribution is 2.55. The summed E-state index contributed by atoms with van der Waals surface area (Å²) in [5, 5.41) is 3.62. The Morgan fingerprint density at radius 3 is 2.33 bits per heavy atom. The van der Waals surface area contributed by atoms with Crippen LogP contribution in [0.2, 0.25) is 0 Å². The van der Waals surface area contributed by atoms with E-state index in [0.717, 1.165) is 18.3 Å². The van der Waals surface area contributed by atoms with Crippen LogP contribution < -0.4 is 5.32 Å². The maximum Gasteiger partial charge on any atom is 0.0677 e. The van der Waals surface area contributed by atoms with Gasteiger partial charge in [0.25, 0.3) is 0 Å². The highest BCUT2D eigenvalue weighted by atomic mass is 16.5. The van der Waals surface area contributed by atoms with Crippen molar-refractivity contribution < 1.29 is 4.74 Å². The van der Waals surface area contributed by atoms with Crippen molar-refractivity contribution in [2.45, 2.75) is 63.7 Å². The summed E-state index contributed by atoms with van der Waals surface area (Å²) in [6.07, 6.45) is 2.45. The fourth-order valence-electron chi connectivity index (χ4n) is 4.57. The summed E-state index contributed by atoms with van der Waals surface area (Å²) in [5.41, 5.74) is 1.46. The molecular weight excluding hydrogens is 258 g/mol. The van der Waals surface area contributed by atoms with Gasteiger partial charge in [-0.1, -0.05) is 30.3 Å². The SMILES string of the molecule is CNC(C1CC1c1ccccc1)C1CC(C)(C)OC1(C)C. The smallest absolute Gasteiger partial charge is 0.0677 e. The topological polar surface area (TPSA) is 21.3 Å². The summed E-state index contributed by atoms with van der Waals surface area (Å²) >= 11 is 0. The number of hydrogen-bond donors (Lipinski definition) is 1. The van der Waals surface area contributed by atoms with Crippen molar-refractivity contribution in [3.05, 3.63) is 35.9 Å². The molecule has 1 aromatic rings. The molecule has 4 unspecified atom stereocenters. The number of hydrogen-bond acceptors (Lipinski definition) is 2. The molecular formula is C19H29NO. The summed E-state index contributed by atoms with van der Waals surface area (Å²) < 4.78 is 6.31. The second kappa shape index (κ2) is 5.10. The fourth-order valence-corrected chi connectivity index (χ4v) is 4.57. The van der Waals surface area contributed by atoms with E-state index in [1.165, 1.54) is 12.0 Å². The summed E-state index contributed by atoms with van der Waals surface area (Å²) in [4.78, 5) is 0. The van der Waals surface area contributed by atoms with Crippen molar-refractivity contribution in [2.75, 3.05) is 7.05 Å². The van der Waals surface area contributed by atoms with E-state index in [4.69, 9.17) is 4.74 Å². The predicted molar refractivity (Wildman–Crippen MR) is 87.5 cm³/mol. The molecule has 0 bridgehead atoms. The Morgan fingerprint density at radius 2 is 1.81 bits per heavy atom. The van der Waals surface area contributed by atoms with Crippen molar-refractivity contribution in [1.82, 2.24) is 5.32 Å². The third-order valence-electron chi connectivity index (χ3n) is 5.44. The van der Waals surface area contributed by atoms with Gasteiger partial charge < -0.3 is 10.1 Å². The van der Waals surface area contributed by atoms with E-state index in [1.807, 2.05) is 0 Å². The lowest BCUT2D eigenvalue weighted by molar-refractivity contribution is -0.0782. The van der Waals surface area contributed by atoms with Gasteiger partial charge in [0, 0.05) is 12.0 Å². The number of ether oxygens (including phenoxy) is 1. The Balaban J connectivity index is 1.75. The highest BCUT2D eigenvalue weighted by molar-refractivity contribution is 5.27. The number of nitrogens with one attached hydrogen (secondary N) is 1. The van der Waals surface area contributed by atoms with Gasteiger partial charge in [-0.15, -0.1) is 0 Å². The zero-order valence-corrected chi connectivity index (χ0v) is 14.0. The van der Waals surface area contributed by atoms with Gasteiger partial charge in [-0.05, 0) is 65.0 Å². The molecule has 1 saturated heterocycles. The molecule has 0 amide bonds. The van der Waals surface area contributed by atoms with Crippen LogP contribution in [0.4, 0.5) is 0 Å². The van der Waals surface area contributed by atoms with Gasteiger partial charge >= 0.3 is 0 Å². The van der Waals surface area contributed by atoms with Gasteiger partial charge in [-0.3, -0.25) is 0 Å². The average molecular weight is 287 g/mol. The number of benzene rings is 1. The minimum Gasteiger partial charge on any atom is -0.369 e. The molecule has 2 nitrogen and oxygen atoms in total. The molecule has 0 spiro atoms. The Bertz CT molecular complexity index is 494. The molecule has 116 valence electrons. The molecule has 0 aromatic heterocycles. The standard InChI is InChI=1S/C19H29NO/c1-18(2)12-16(19(3,4)21-18)17(20-5)15-11-14(15)13-9-7-6-8-10-13/h6-10,14-17,20H,11-12H2,1-5H3. The second-order valence-electron chi connectivity index (χ2n) is 8.01. The summed E-state index contributed by atoms with van der Waals surface area (Å²) in [5.74, 6) is 2.05. The van der Waals surface area contributed by atoms with Crippen LogP contribution >= 0.6 is 0 Å². The van der Waals surface area contributed by atoms with Crippen LogP contribution in [0.5, 0.6) is 0 Å². The minimum absolute atomic E-state index is 0.000397. The molecule has 1 aliphatic heterocycles. The van der Waals surface area contributed by atoms with Gasteiger partial charge in [0.05, 0.1) is 11.2 Å². The third-order valence-corrected chi connectivity index (χ3v) is 5.44. The summed E-state index contributed by atoms with van der Waals surface area (Å²) in [6.45, 7) is 8.97. The van der Waals surface area contributed by atoms with E-state index in [1.54, 1.807) is 0 Å². The zero-order valence-electron chi connectivity index (χ0n) is 14.0. The molecule has 1 aliphatic carbocycles. The Hall–Kier alpha value is -0.860. The molecule has 2 aliphatic rings. The van der Waals surface area contributed by atoms with Gasteiger partial charge in [-0.2, -0.15) is 0 Å². The lowest BCUT2D eigenvalue weighted by Gasteiger charge is -2.33. The average Bonchev–Trinajstić information content (AvgIpc) is 3.14. The fraction of sp³-hybridized carbons (Fsp3) is 0.684. The largest absolute Gasteiger partial charge is 0.369 e. The van der Waals surface area contributed by atoms with Gasteiger partial charge in [-0.25, -0.2) is 0 Å². The quantitative estimate of drug-likeness (QED) is 0.904. The van der Waals surface area contributed by atoms with Crippen LogP contribution in [0.3, 0.4) is 0 Å². The van der Waals surface area contributed by atoms with E-state index in [0.29, 0.717) is 12.0 Å². The first-order chi connectivity index (χ1) is 9.84. The third kappa shape index (κ3) is 2.89. The van der Waals surface area contributed by atoms with Crippen LogP contribution in [-0.2, 0) is 4.74 Å². The van der Waals surface area contributed by atoms with Crippen LogP contribution in [0, 0.1) is 11.8 Å². The molecule has 4 atom stereocenters. The van der Waals surface area contributed by atoms with E-state index in [9.17, 15) is 0 Å². The minimum atomic E-state index is -0.0407. The summed E-state index contributed by atoms with van der Waals surface area (Å²) in [7, 11) is 2.12. The normalized spacial score (nSPS) is 34.6. The van der Waals surface area contributed by atoms with Crippen molar-refractivity contribution >= 4 is 0 Å². The maximum atomic E-state index is 6.31. The van der Waals surface area contributed by atoms with Crippen LogP contribution in [0.25, 0.3) is 0 Å². The highest BCUT2D eigenvalue weighted by Gasteiger charge is 2.54. The monoisotopic (exact) mass is 287 g/mol. The first-order valence-electron chi connectivity index (χ1n) is 8.26. The molecule has 3 rings (SSSR count). The molecule has 21 heavy (non-hydrogen) atoms. The van der Waals surface area contributed by atoms with Gasteiger partial charge in [0.1, 0.15) is 0 Å². The Kier molecular flexibility index (Phi) is 3.66. The van der Waals surface area contributed by atoms with Crippen LogP contribution in [0.1, 0.15) is 52.0 Å². The lowest BCUT2D eigenvalue weighted by atomic mass is 9.79. The molecule has 1 saturated carbocycles. The van der Waals surface area contributed by atoms with E-state index >= 15 is 0 Å². The molecule has 1 aromatic carbocycles. The Labute approximate surface area is 129 Å². The van der Waals surface area contributed by atoms with E-state index in [2.05, 4.69) is 70.4 Å². The molecule has 0 radical (unpaired) electrons. The molecule has 2 heteroatoms. The first-order valence-corrected chi connectivity index (χ1v) is 8.26. The van der Waals surface area contributed by atoms with Crippen molar-refractivity contribution in [3.63, 3.8) is 0 Å². The second-order valence-corrected chi connectivity index (χ2v) is 8.01. The Morgan fingerprint density at radius 1 is 1.14 bits per heavy atom. The molecule has 1 N–H and O–H groups in total. The predicted octanol–water partition coefficient (Wildman–Crippen LogP) is 3.97. The number of rotatable bonds is 4. The van der Waals surface area contributed by atoms with Crippen molar-refractivity contribution in [3.8, 4) is 0 Å². The molecule has 1 heterocycles. The maximum absolute atomic E-state index is 6.31. The zero-order chi connectivity index (χ0) is 15.3. The van der Waals surface area contributed by atoms with Gasteiger partial charge in [0.2, 0.25) is 0 Å². The van der Waals surface area contributed by atoms with Crippen molar-refractivity contribution in [1.29, 1.82) is 0 Å². The lowest BCUT2D eigenvalue weighted by Crippen LogP contribution is -2.44. The van der Waals surface area contributed by atoms with Crippen LogP contribution in [-0.4, -0.2) is 24.3 Å². The van der Waals surface area contributed by atoms with Gasteiger partial charge in [0.15, 0.2) is 0 Å². The van der Waals surface area contributed by atoms with Crippen molar-refractivity contribution in [2.24, 2.45) is 11.8 Å². The summed E-state index contributed by atoms with van der Waals surface area (Å²) in [6, 6.07) is 11.5. The van der Waals surface area contributed by atoms with Crippen LogP contribution in [0.15, 0.2) is 30.3 Å². The van der Waals surface area contributed by atoms with E-state index < -0.39 is 0 Å². The van der Waals surface area contributed by atoms with E-state index in [-0.39, 0.29) is 11.2 Å². The first kappa shape index (κ1) is 15.1.